The van der Waals surface area contributed by atoms with Crippen molar-refractivity contribution in [1.82, 2.24) is 9.21 Å². The molecule has 1 heterocycles. The van der Waals surface area contributed by atoms with Gasteiger partial charge in [-0.05, 0) is 62.4 Å². The van der Waals surface area contributed by atoms with Crippen LogP contribution in [0.15, 0.2) is 76.5 Å². The van der Waals surface area contributed by atoms with Crippen molar-refractivity contribution < 1.29 is 36.2 Å². The van der Waals surface area contributed by atoms with Gasteiger partial charge in [0, 0.05) is 19.5 Å². The number of carbonyl (C=O) groups is 1. The molecule has 4 rings (SSSR count). The molecule has 0 saturated heterocycles. The van der Waals surface area contributed by atoms with Gasteiger partial charge in [-0.15, -0.1) is 0 Å². The fourth-order valence-electron chi connectivity index (χ4n) is 4.74. The number of anilines is 1. The number of sulfonamides is 2. The van der Waals surface area contributed by atoms with E-state index in [1.807, 2.05) is 13.8 Å². The van der Waals surface area contributed by atoms with Crippen LogP contribution in [0.5, 0.6) is 11.5 Å². The molecule has 43 heavy (non-hydrogen) atoms. The van der Waals surface area contributed by atoms with Gasteiger partial charge in [0.1, 0.15) is 11.9 Å². The average Bonchev–Trinajstić information content (AvgIpc) is 2.98. The highest BCUT2D eigenvalue weighted by molar-refractivity contribution is 7.92. The monoisotopic (exact) mass is 631 g/mol. The minimum Gasteiger partial charge on any atom is -0.497 e. The summed E-state index contributed by atoms with van der Waals surface area (Å²) in [5.41, 5.74) is 1.01. The Labute approximate surface area is 253 Å². The molecule has 0 aliphatic carbocycles. The van der Waals surface area contributed by atoms with Crippen molar-refractivity contribution in [3.05, 3.63) is 77.9 Å². The summed E-state index contributed by atoms with van der Waals surface area (Å²) in [5.74, 6) is -0.373. The normalized spacial score (nSPS) is 18.3. The second kappa shape index (κ2) is 12.9. The van der Waals surface area contributed by atoms with Crippen molar-refractivity contribution >= 4 is 31.6 Å². The summed E-state index contributed by atoms with van der Waals surface area (Å²) in [5, 5.41) is 9.92. The Balaban J connectivity index is 1.74. The second-order valence-electron chi connectivity index (χ2n) is 10.7. The highest BCUT2D eigenvalue weighted by Gasteiger charge is 2.36. The minimum atomic E-state index is -4.07. The van der Waals surface area contributed by atoms with E-state index in [1.54, 1.807) is 31.2 Å². The molecule has 232 valence electrons. The zero-order valence-electron chi connectivity index (χ0n) is 24.7. The van der Waals surface area contributed by atoms with E-state index >= 15 is 0 Å². The molecule has 0 fully saturated rings. The molecule has 3 atom stereocenters. The third kappa shape index (κ3) is 6.96. The lowest BCUT2D eigenvalue weighted by molar-refractivity contribution is 0.0389. The Kier molecular flexibility index (Phi) is 9.70. The van der Waals surface area contributed by atoms with Gasteiger partial charge in [-0.2, -0.15) is 4.31 Å². The molecule has 0 spiro atoms. The van der Waals surface area contributed by atoms with Crippen molar-refractivity contribution in [2.75, 3.05) is 38.6 Å². The van der Waals surface area contributed by atoms with Gasteiger partial charge in [-0.3, -0.25) is 9.52 Å². The minimum absolute atomic E-state index is 0.0230. The molecule has 0 aromatic heterocycles. The van der Waals surface area contributed by atoms with Crippen LogP contribution in [-0.4, -0.2) is 83.1 Å². The largest absolute Gasteiger partial charge is 0.497 e. The van der Waals surface area contributed by atoms with Crippen molar-refractivity contribution in [3.63, 3.8) is 0 Å². The van der Waals surface area contributed by atoms with Crippen molar-refractivity contribution in [2.45, 2.75) is 42.7 Å². The van der Waals surface area contributed by atoms with Gasteiger partial charge in [0.05, 0.1) is 47.3 Å². The predicted molar refractivity (Wildman–Crippen MR) is 162 cm³/mol. The molecule has 13 heteroatoms. The number of ether oxygens (including phenoxy) is 2. The number of likely N-dealkylation sites (N-methyl/N-ethyl adjacent to an activating group) is 1. The maximum absolute atomic E-state index is 13.7. The summed E-state index contributed by atoms with van der Waals surface area (Å²) in [4.78, 5) is 15.3. The molecule has 0 saturated carbocycles. The molecule has 3 aromatic rings. The van der Waals surface area contributed by atoms with Crippen LogP contribution < -0.4 is 14.2 Å². The van der Waals surface area contributed by atoms with Crippen LogP contribution >= 0.6 is 0 Å². The van der Waals surface area contributed by atoms with Crippen molar-refractivity contribution in [1.29, 1.82) is 0 Å². The molecule has 11 nitrogen and oxygen atoms in total. The standard InChI is InChI=1S/C30H37N3O8S2/c1-20-9-13-24(14-10-20)42(36,37)31-27-8-6-7-26-29(27)41-28(21(2)17-33(30(26)35)22(3)19-34)18-32(4)43(38,39)25-15-11-23(40-5)12-16-25/h6-16,21-22,28,31,34H,17-19H2,1-5H3/t21-,22+,28+/m0/s1. The summed E-state index contributed by atoms with van der Waals surface area (Å²) >= 11 is 0. The van der Waals surface area contributed by atoms with Gasteiger partial charge >= 0.3 is 0 Å². The van der Waals surface area contributed by atoms with Gasteiger partial charge in [-0.1, -0.05) is 30.7 Å². The molecule has 1 amide bonds. The number of fused-ring (bicyclic) bond motifs is 1. The number of carbonyl (C=O) groups excluding carboxylic acids is 1. The Morgan fingerprint density at radius 1 is 1.05 bits per heavy atom. The van der Waals surface area contributed by atoms with E-state index in [1.165, 1.54) is 61.5 Å². The molecule has 1 aliphatic rings. The van der Waals surface area contributed by atoms with Gasteiger partial charge < -0.3 is 19.5 Å². The first kappa shape index (κ1) is 32.3. The first-order valence-corrected chi connectivity index (χ1v) is 16.6. The third-order valence-corrected chi connectivity index (χ3v) is 10.7. The van der Waals surface area contributed by atoms with Gasteiger partial charge in [-0.25, -0.2) is 16.8 Å². The number of methoxy groups -OCH3 is 1. The number of nitrogens with one attached hydrogen (secondary N) is 1. The molecule has 0 unspecified atom stereocenters. The number of aliphatic hydroxyl groups excluding tert-OH is 1. The number of hydrogen-bond acceptors (Lipinski definition) is 8. The van der Waals surface area contributed by atoms with E-state index in [2.05, 4.69) is 4.72 Å². The van der Waals surface area contributed by atoms with E-state index in [4.69, 9.17) is 9.47 Å². The van der Waals surface area contributed by atoms with Crippen LogP contribution in [0.2, 0.25) is 0 Å². The van der Waals surface area contributed by atoms with E-state index in [0.29, 0.717) is 5.75 Å². The molecule has 0 bridgehead atoms. The van der Waals surface area contributed by atoms with Gasteiger partial charge in [0.2, 0.25) is 10.0 Å². The molecular formula is C30H37N3O8S2. The van der Waals surface area contributed by atoms with Crippen LogP contribution in [0, 0.1) is 12.8 Å². The molecule has 0 radical (unpaired) electrons. The topological polar surface area (TPSA) is 143 Å². The summed E-state index contributed by atoms with van der Waals surface area (Å²) < 4.78 is 68.8. The van der Waals surface area contributed by atoms with E-state index in [9.17, 15) is 26.7 Å². The fraction of sp³-hybridized carbons (Fsp3) is 0.367. The third-order valence-electron chi connectivity index (χ3n) is 7.47. The van der Waals surface area contributed by atoms with Gasteiger partial charge in [0.15, 0.2) is 5.75 Å². The lowest BCUT2D eigenvalue weighted by Gasteiger charge is -2.38. The van der Waals surface area contributed by atoms with Crippen molar-refractivity contribution in [3.8, 4) is 11.5 Å². The highest BCUT2D eigenvalue weighted by atomic mass is 32.2. The van der Waals surface area contributed by atoms with Crippen LogP contribution in [-0.2, 0) is 20.0 Å². The van der Waals surface area contributed by atoms with E-state index < -0.39 is 44.0 Å². The fourth-order valence-corrected chi connectivity index (χ4v) is 6.99. The highest BCUT2D eigenvalue weighted by Crippen LogP contribution is 2.36. The Bertz CT molecular complexity index is 1660. The smallest absolute Gasteiger partial charge is 0.262 e. The molecule has 1 aliphatic heterocycles. The summed E-state index contributed by atoms with van der Waals surface area (Å²) in [6, 6.07) is 16.3. The lowest BCUT2D eigenvalue weighted by atomic mass is 9.99. The molecule has 3 aromatic carbocycles. The van der Waals surface area contributed by atoms with E-state index in [-0.39, 0.29) is 46.5 Å². The quantitative estimate of drug-likeness (QED) is 0.347. The average molecular weight is 632 g/mol. The molecular weight excluding hydrogens is 594 g/mol. The van der Waals surface area contributed by atoms with Crippen molar-refractivity contribution in [2.24, 2.45) is 5.92 Å². The van der Waals surface area contributed by atoms with Crippen LogP contribution in [0.4, 0.5) is 5.69 Å². The number of benzene rings is 3. The van der Waals surface area contributed by atoms with Gasteiger partial charge in [0.25, 0.3) is 15.9 Å². The zero-order valence-corrected chi connectivity index (χ0v) is 26.4. The Morgan fingerprint density at radius 2 is 1.67 bits per heavy atom. The number of amides is 1. The first-order chi connectivity index (χ1) is 20.3. The van der Waals surface area contributed by atoms with Crippen LogP contribution in [0.1, 0.15) is 29.8 Å². The zero-order chi connectivity index (χ0) is 31.5. The van der Waals surface area contributed by atoms with Crippen LogP contribution in [0.25, 0.3) is 0 Å². The summed E-state index contributed by atoms with van der Waals surface area (Å²) in [6.07, 6.45) is -0.803. The number of aryl methyl sites for hydroxylation is 1. The molecule has 2 N–H and O–H groups in total. The number of nitrogens with zero attached hydrogens (tertiary/aromatic N) is 2. The summed E-state index contributed by atoms with van der Waals surface area (Å²) in [6.45, 7) is 5.11. The van der Waals surface area contributed by atoms with Crippen LogP contribution in [0.3, 0.4) is 0 Å². The number of rotatable bonds is 10. The predicted octanol–water partition coefficient (Wildman–Crippen LogP) is 3.35. The maximum atomic E-state index is 13.7. The first-order valence-electron chi connectivity index (χ1n) is 13.7. The second-order valence-corrected chi connectivity index (χ2v) is 14.4. The maximum Gasteiger partial charge on any atom is 0.262 e. The summed E-state index contributed by atoms with van der Waals surface area (Å²) in [7, 11) is -5.09. The van der Waals surface area contributed by atoms with E-state index in [0.717, 1.165) is 9.87 Å². The Morgan fingerprint density at radius 3 is 2.28 bits per heavy atom. The number of hydrogen-bond donors (Lipinski definition) is 2. The lowest BCUT2D eigenvalue weighted by Crippen LogP contribution is -2.50. The Hall–Kier alpha value is -3.65. The number of para-hydroxylation sites is 1. The number of aliphatic hydroxyl groups is 1. The SMILES string of the molecule is COc1ccc(S(=O)(=O)N(C)C[C@H]2Oc3c(NS(=O)(=O)c4ccc(C)cc4)cccc3C(=O)N([C@H](C)CO)C[C@@H]2C)cc1.